The Morgan fingerprint density at radius 1 is 1.37 bits per heavy atom. The molecular formula is C11H18F2N2O4. The van der Waals surface area contributed by atoms with Gasteiger partial charge in [-0.25, -0.2) is 13.6 Å². The molecule has 19 heavy (non-hydrogen) atoms. The number of carboxylic acids is 1. The van der Waals surface area contributed by atoms with E-state index in [0.29, 0.717) is 19.3 Å². The lowest BCUT2D eigenvalue weighted by Crippen LogP contribution is -2.47. The van der Waals surface area contributed by atoms with Gasteiger partial charge in [0.1, 0.15) is 0 Å². The SMILES string of the molecule is O=C(O)C1CCC(NC(=O)N(CCO)CC(F)F)C1. The lowest BCUT2D eigenvalue weighted by Gasteiger charge is -2.24. The summed E-state index contributed by atoms with van der Waals surface area (Å²) in [6.45, 7) is -1.32. The molecule has 0 aromatic rings. The maximum Gasteiger partial charge on any atom is 0.317 e. The van der Waals surface area contributed by atoms with Gasteiger partial charge < -0.3 is 20.4 Å². The van der Waals surface area contributed by atoms with E-state index in [1.54, 1.807) is 0 Å². The highest BCUT2D eigenvalue weighted by molar-refractivity contribution is 5.75. The molecule has 1 fully saturated rings. The monoisotopic (exact) mass is 280 g/mol. The van der Waals surface area contributed by atoms with Crippen LogP contribution in [-0.4, -0.2) is 59.3 Å². The second kappa shape index (κ2) is 7.22. The molecule has 1 saturated carbocycles. The predicted molar refractivity (Wildman–Crippen MR) is 62.0 cm³/mol. The number of nitrogens with one attached hydrogen (secondary N) is 1. The quantitative estimate of drug-likeness (QED) is 0.661. The summed E-state index contributed by atoms with van der Waals surface area (Å²) >= 11 is 0. The normalized spacial score (nSPS) is 22.5. The number of hydrogen-bond donors (Lipinski definition) is 3. The van der Waals surface area contributed by atoms with Crippen molar-refractivity contribution in [3.63, 3.8) is 0 Å². The molecule has 0 aromatic heterocycles. The van der Waals surface area contributed by atoms with Crippen LogP contribution in [0.25, 0.3) is 0 Å². The van der Waals surface area contributed by atoms with Crippen molar-refractivity contribution in [2.75, 3.05) is 19.7 Å². The number of carboxylic acid groups (broad SMARTS) is 1. The first-order valence-electron chi connectivity index (χ1n) is 6.11. The molecule has 1 aliphatic carbocycles. The zero-order chi connectivity index (χ0) is 14.4. The smallest absolute Gasteiger partial charge is 0.317 e. The summed E-state index contributed by atoms with van der Waals surface area (Å²) in [5.41, 5.74) is 0. The Kier molecular flexibility index (Phi) is 5.94. The van der Waals surface area contributed by atoms with E-state index in [9.17, 15) is 18.4 Å². The zero-order valence-corrected chi connectivity index (χ0v) is 10.4. The van der Waals surface area contributed by atoms with Crippen molar-refractivity contribution in [1.29, 1.82) is 0 Å². The molecule has 3 N–H and O–H groups in total. The third-order valence-corrected chi connectivity index (χ3v) is 3.12. The Morgan fingerprint density at radius 3 is 2.53 bits per heavy atom. The van der Waals surface area contributed by atoms with Crippen LogP contribution < -0.4 is 5.32 Å². The molecule has 8 heteroatoms. The third kappa shape index (κ3) is 4.98. The first-order chi connectivity index (χ1) is 8.93. The molecule has 110 valence electrons. The molecule has 0 aliphatic heterocycles. The average molecular weight is 280 g/mol. The number of rotatable bonds is 6. The van der Waals surface area contributed by atoms with Crippen LogP contribution >= 0.6 is 0 Å². The first-order valence-corrected chi connectivity index (χ1v) is 6.11. The Bertz CT molecular complexity index is 328. The van der Waals surface area contributed by atoms with E-state index < -0.39 is 37.5 Å². The number of hydrogen-bond acceptors (Lipinski definition) is 3. The van der Waals surface area contributed by atoms with E-state index in [4.69, 9.17) is 10.2 Å². The van der Waals surface area contributed by atoms with Crippen molar-refractivity contribution in [2.45, 2.75) is 31.7 Å². The van der Waals surface area contributed by atoms with Crippen molar-refractivity contribution in [1.82, 2.24) is 10.2 Å². The molecule has 0 radical (unpaired) electrons. The molecule has 2 amide bonds. The Morgan fingerprint density at radius 2 is 2.05 bits per heavy atom. The van der Waals surface area contributed by atoms with Gasteiger partial charge in [0, 0.05) is 12.6 Å². The fourth-order valence-electron chi connectivity index (χ4n) is 2.17. The van der Waals surface area contributed by atoms with Crippen molar-refractivity contribution in [3.05, 3.63) is 0 Å². The van der Waals surface area contributed by atoms with Crippen LogP contribution in [0.5, 0.6) is 0 Å². The maximum absolute atomic E-state index is 12.3. The van der Waals surface area contributed by atoms with Crippen molar-refractivity contribution >= 4 is 12.0 Å². The predicted octanol–water partition coefficient (Wildman–Crippen LogP) is 0.509. The van der Waals surface area contributed by atoms with Gasteiger partial charge in [0.05, 0.1) is 19.1 Å². The molecule has 0 aromatic carbocycles. The zero-order valence-electron chi connectivity index (χ0n) is 10.4. The highest BCUT2D eigenvalue weighted by atomic mass is 19.3. The second-order valence-electron chi connectivity index (χ2n) is 4.56. The maximum atomic E-state index is 12.3. The number of aliphatic hydroxyl groups excluding tert-OH is 1. The summed E-state index contributed by atoms with van der Waals surface area (Å²) in [7, 11) is 0. The number of amides is 2. The fraction of sp³-hybridized carbons (Fsp3) is 0.818. The number of nitrogens with zero attached hydrogens (tertiary/aromatic N) is 1. The summed E-state index contributed by atoms with van der Waals surface area (Å²) in [5.74, 6) is -1.40. The van der Waals surface area contributed by atoms with E-state index in [2.05, 4.69) is 5.32 Å². The standard InChI is InChI=1S/C11H18F2N2O4/c12-9(13)6-15(3-4-16)11(19)14-8-2-1-7(5-8)10(17)18/h7-9,16H,1-6H2,(H,14,19)(H,17,18). The lowest BCUT2D eigenvalue weighted by molar-refractivity contribution is -0.141. The molecule has 2 atom stereocenters. The van der Waals surface area contributed by atoms with Crippen LogP contribution in [-0.2, 0) is 4.79 Å². The van der Waals surface area contributed by atoms with Crippen LogP contribution in [0.4, 0.5) is 13.6 Å². The van der Waals surface area contributed by atoms with Crippen LogP contribution in [0.2, 0.25) is 0 Å². The number of carbonyl (C=O) groups excluding carboxylic acids is 1. The molecular weight excluding hydrogens is 262 g/mol. The first kappa shape index (κ1) is 15.6. The minimum absolute atomic E-state index is 0.175. The molecule has 0 bridgehead atoms. The van der Waals surface area contributed by atoms with Gasteiger partial charge in [0.2, 0.25) is 0 Å². The van der Waals surface area contributed by atoms with Crippen LogP contribution in [0.1, 0.15) is 19.3 Å². The Hall–Kier alpha value is -1.44. The van der Waals surface area contributed by atoms with Gasteiger partial charge in [-0.1, -0.05) is 0 Å². The summed E-state index contributed by atoms with van der Waals surface area (Å²) in [6.07, 6.45) is -1.38. The van der Waals surface area contributed by atoms with Crippen molar-refractivity contribution in [3.8, 4) is 0 Å². The van der Waals surface area contributed by atoms with E-state index >= 15 is 0 Å². The number of carbonyl (C=O) groups is 2. The van der Waals surface area contributed by atoms with E-state index in [1.165, 1.54) is 0 Å². The minimum Gasteiger partial charge on any atom is -0.481 e. The van der Waals surface area contributed by atoms with Gasteiger partial charge in [-0.3, -0.25) is 4.79 Å². The summed E-state index contributed by atoms with van der Waals surface area (Å²) in [4.78, 5) is 23.3. The molecule has 1 aliphatic rings. The van der Waals surface area contributed by atoms with Gasteiger partial charge in [-0.15, -0.1) is 0 Å². The number of urea groups is 1. The van der Waals surface area contributed by atoms with Gasteiger partial charge in [0.25, 0.3) is 6.43 Å². The van der Waals surface area contributed by atoms with Gasteiger partial charge in [-0.2, -0.15) is 0 Å². The van der Waals surface area contributed by atoms with E-state index in [1.807, 2.05) is 0 Å². The number of alkyl halides is 2. The number of aliphatic carboxylic acids is 1. The highest BCUT2D eigenvalue weighted by Crippen LogP contribution is 2.25. The van der Waals surface area contributed by atoms with Gasteiger partial charge in [-0.05, 0) is 19.3 Å². The number of halogens is 2. The molecule has 0 saturated heterocycles. The van der Waals surface area contributed by atoms with Crippen LogP contribution in [0.15, 0.2) is 0 Å². The average Bonchev–Trinajstić information content (AvgIpc) is 2.76. The van der Waals surface area contributed by atoms with E-state index in [-0.39, 0.29) is 12.6 Å². The van der Waals surface area contributed by atoms with Crippen molar-refractivity contribution < 1.29 is 28.6 Å². The number of aliphatic hydroxyl groups is 1. The Balaban J connectivity index is 2.46. The minimum atomic E-state index is -2.67. The van der Waals surface area contributed by atoms with Crippen LogP contribution in [0.3, 0.4) is 0 Å². The van der Waals surface area contributed by atoms with E-state index in [0.717, 1.165) is 4.90 Å². The van der Waals surface area contributed by atoms with Crippen molar-refractivity contribution in [2.24, 2.45) is 5.92 Å². The second-order valence-corrected chi connectivity index (χ2v) is 4.56. The van der Waals surface area contributed by atoms with Crippen LogP contribution in [0, 0.1) is 5.92 Å². The summed E-state index contributed by atoms with van der Waals surface area (Å²) in [5, 5.41) is 20.1. The fourth-order valence-corrected chi connectivity index (χ4v) is 2.17. The molecule has 1 rings (SSSR count). The van der Waals surface area contributed by atoms with Gasteiger partial charge >= 0.3 is 12.0 Å². The topological polar surface area (TPSA) is 89.9 Å². The lowest BCUT2D eigenvalue weighted by atomic mass is 10.1. The highest BCUT2D eigenvalue weighted by Gasteiger charge is 2.31. The van der Waals surface area contributed by atoms with Gasteiger partial charge in [0.15, 0.2) is 0 Å². The summed E-state index contributed by atoms with van der Waals surface area (Å²) in [6, 6.07) is -1.00. The molecule has 0 spiro atoms. The molecule has 2 unspecified atom stereocenters. The third-order valence-electron chi connectivity index (χ3n) is 3.12. The largest absolute Gasteiger partial charge is 0.481 e. The molecule has 6 nitrogen and oxygen atoms in total. The summed E-state index contributed by atoms with van der Waals surface area (Å²) < 4.78 is 24.5. The molecule has 0 heterocycles. The Labute approximate surface area is 109 Å².